The van der Waals surface area contributed by atoms with Gasteiger partial charge in [-0.05, 0) is 50.3 Å². The predicted octanol–water partition coefficient (Wildman–Crippen LogP) is 1.12. The van der Waals surface area contributed by atoms with Crippen LogP contribution < -0.4 is 15.0 Å². The molecule has 3 rings (SSSR count). The van der Waals surface area contributed by atoms with Crippen LogP contribution in [0.1, 0.15) is 38.5 Å². The number of benzene rings is 1. The maximum Gasteiger partial charge on any atom is 0.279 e. The molecule has 0 aromatic heterocycles. The van der Waals surface area contributed by atoms with Crippen molar-refractivity contribution in [2.45, 2.75) is 49.5 Å². The maximum atomic E-state index is 12.8. The number of nitrogens with zero attached hydrogens (tertiary/aromatic N) is 1. The van der Waals surface area contributed by atoms with Crippen molar-refractivity contribution in [2.24, 2.45) is 5.92 Å². The van der Waals surface area contributed by atoms with Gasteiger partial charge in [-0.15, -0.1) is 0 Å². The maximum absolute atomic E-state index is 12.8. The van der Waals surface area contributed by atoms with Crippen molar-refractivity contribution in [3.8, 4) is 5.75 Å². The Kier molecular flexibility index (Phi) is 6.62. The number of hydrogen-bond acceptors (Lipinski definition) is 4. The first-order valence-electron chi connectivity index (χ1n) is 10.1. The van der Waals surface area contributed by atoms with Crippen molar-refractivity contribution in [1.82, 2.24) is 4.31 Å². The number of sulfonamides is 1. The van der Waals surface area contributed by atoms with Crippen LogP contribution in [0.15, 0.2) is 23.1 Å². The zero-order valence-electron chi connectivity index (χ0n) is 17.0. The van der Waals surface area contributed by atoms with Gasteiger partial charge in [0.1, 0.15) is 5.75 Å². The number of carbonyl (C=O) groups is 1. The third-order valence-electron chi connectivity index (χ3n) is 6.12. The van der Waals surface area contributed by atoms with E-state index in [0.29, 0.717) is 24.0 Å². The lowest BCUT2D eigenvalue weighted by Crippen LogP contribution is -3.18. The van der Waals surface area contributed by atoms with Crippen LogP contribution in [0.5, 0.6) is 5.75 Å². The van der Waals surface area contributed by atoms with Gasteiger partial charge >= 0.3 is 0 Å². The summed E-state index contributed by atoms with van der Waals surface area (Å²) in [6.45, 7) is 1.44. The molecule has 2 aliphatic rings. The van der Waals surface area contributed by atoms with Gasteiger partial charge in [0.2, 0.25) is 10.0 Å². The summed E-state index contributed by atoms with van der Waals surface area (Å²) in [5.41, 5.74) is 0.395. The van der Waals surface area contributed by atoms with E-state index < -0.39 is 10.0 Å². The van der Waals surface area contributed by atoms with Crippen molar-refractivity contribution in [2.75, 3.05) is 39.6 Å². The first-order chi connectivity index (χ1) is 13.3. The summed E-state index contributed by atoms with van der Waals surface area (Å²) in [7, 11) is 0.894. The molecule has 1 aromatic rings. The van der Waals surface area contributed by atoms with Gasteiger partial charge in [0, 0.05) is 20.0 Å². The lowest BCUT2D eigenvalue weighted by molar-refractivity contribution is -0.928. The zero-order valence-corrected chi connectivity index (χ0v) is 17.8. The van der Waals surface area contributed by atoms with Crippen LogP contribution >= 0.6 is 0 Å². The highest BCUT2D eigenvalue weighted by molar-refractivity contribution is 7.89. The highest BCUT2D eigenvalue weighted by Gasteiger charge is 2.37. The number of quaternary nitrogens is 1. The third-order valence-corrected chi connectivity index (χ3v) is 7.93. The molecule has 1 heterocycles. The molecule has 1 aliphatic carbocycles. The van der Waals surface area contributed by atoms with E-state index in [1.54, 1.807) is 6.07 Å². The van der Waals surface area contributed by atoms with Crippen molar-refractivity contribution < 1.29 is 22.8 Å². The van der Waals surface area contributed by atoms with E-state index in [1.807, 2.05) is 0 Å². The average molecular weight is 411 g/mol. The average Bonchev–Trinajstić information content (AvgIpc) is 2.68. The van der Waals surface area contributed by atoms with E-state index in [9.17, 15) is 13.2 Å². The Hall–Kier alpha value is -1.64. The summed E-state index contributed by atoms with van der Waals surface area (Å²) in [5.74, 6) is 1.10. The highest BCUT2D eigenvalue weighted by atomic mass is 32.2. The van der Waals surface area contributed by atoms with Gasteiger partial charge < -0.3 is 15.0 Å². The molecule has 2 N–H and O–H groups in total. The fourth-order valence-corrected chi connectivity index (χ4v) is 5.57. The number of methoxy groups -OCH3 is 1. The fraction of sp³-hybridized carbons (Fsp3) is 0.650. The van der Waals surface area contributed by atoms with Gasteiger partial charge in [-0.25, -0.2) is 12.7 Å². The number of carbonyl (C=O) groups excluding carboxylic acids is 1. The quantitative estimate of drug-likeness (QED) is 0.737. The molecular formula is C20H32N3O4S+. The molecule has 1 unspecified atom stereocenters. The van der Waals surface area contributed by atoms with E-state index in [2.05, 4.69) is 5.32 Å². The van der Waals surface area contributed by atoms with E-state index in [4.69, 9.17) is 4.74 Å². The lowest BCUT2D eigenvalue weighted by Gasteiger charge is -2.40. The smallest absolute Gasteiger partial charge is 0.279 e. The number of anilines is 1. The number of ether oxygens (including phenoxy) is 1. The van der Waals surface area contributed by atoms with Crippen LogP contribution in [-0.2, 0) is 14.8 Å². The molecule has 2 fully saturated rings. The Morgan fingerprint density at radius 2 is 1.93 bits per heavy atom. The molecule has 3 atom stereocenters. The van der Waals surface area contributed by atoms with Crippen LogP contribution in [-0.4, -0.2) is 59.0 Å². The van der Waals surface area contributed by atoms with Gasteiger partial charge in [0.05, 0.1) is 30.3 Å². The molecule has 0 radical (unpaired) electrons. The number of rotatable bonds is 6. The second kappa shape index (κ2) is 8.80. The standard InChI is InChI=1S/C20H31N3O4S/c1-22(2)28(25,26)16-10-11-19(27-3)17(13-16)21-20(24)14-23-12-6-8-15-7-4-5-9-18(15)23/h10-11,13,15,18H,4-9,12,14H2,1-3H3,(H,21,24)/p+1/t15-,18-/m0/s1. The SMILES string of the molecule is COc1ccc(S(=O)(=O)N(C)C)cc1NC(=O)C[NH+]1CCC[C@@H]2CCCC[C@@H]21. The number of amides is 1. The molecule has 1 saturated carbocycles. The van der Waals surface area contributed by atoms with Crippen molar-refractivity contribution in [3.63, 3.8) is 0 Å². The van der Waals surface area contributed by atoms with Crippen molar-refractivity contribution in [3.05, 3.63) is 18.2 Å². The molecule has 28 heavy (non-hydrogen) atoms. The minimum atomic E-state index is -3.58. The second-order valence-electron chi connectivity index (χ2n) is 8.08. The van der Waals surface area contributed by atoms with Crippen molar-refractivity contribution in [1.29, 1.82) is 0 Å². The van der Waals surface area contributed by atoms with Gasteiger partial charge in [0.15, 0.2) is 6.54 Å². The lowest BCUT2D eigenvalue weighted by atomic mass is 9.78. The molecule has 1 amide bonds. The Balaban J connectivity index is 1.74. The molecule has 1 aliphatic heterocycles. The van der Waals surface area contributed by atoms with E-state index in [0.717, 1.165) is 16.8 Å². The van der Waals surface area contributed by atoms with E-state index >= 15 is 0 Å². The molecular weight excluding hydrogens is 378 g/mol. The Bertz CT molecular complexity index is 808. The topological polar surface area (TPSA) is 80.2 Å². The molecule has 1 aromatic carbocycles. The molecule has 156 valence electrons. The molecule has 0 spiro atoms. The largest absolute Gasteiger partial charge is 0.495 e. The van der Waals surface area contributed by atoms with Crippen LogP contribution in [0.2, 0.25) is 0 Å². The summed E-state index contributed by atoms with van der Waals surface area (Å²) < 4.78 is 31.3. The van der Waals surface area contributed by atoms with Gasteiger partial charge in [-0.2, -0.15) is 0 Å². The first kappa shape index (κ1) is 21.1. The number of nitrogens with one attached hydrogen (secondary N) is 2. The fourth-order valence-electron chi connectivity index (χ4n) is 4.64. The van der Waals surface area contributed by atoms with Crippen LogP contribution in [0.3, 0.4) is 0 Å². The predicted molar refractivity (Wildman–Crippen MR) is 108 cm³/mol. The number of piperidine rings is 1. The van der Waals surface area contributed by atoms with Crippen LogP contribution in [0.4, 0.5) is 5.69 Å². The zero-order chi connectivity index (χ0) is 20.3. The summed E-state index contributed by atoms with van der Waals surface area (Å²) in [5, 5.41) is 2.89. The number of fused-ring (bicyclic) bond motifs is 1. The van der Waals surface area contributed by atoms with E-state index in [1.165, 1.54) is 76.8 Å². The Labute approximate surface area is 168 Å². The molecule has 8 heteroatoms. The number of hydrogen-bond donors (Lipinski definition) is 2. The first-order valence-corrected chi connectivity index (χ1v) is 11.5. The minimum Gasteiger partial charge on any atom is -0.495 e. The van der Waals surface area contributed by atoms with Gasteiger partial charge in [-0.3, -0.25) is 4.79 Å². The minimum absolute atomic E-state index is 0.0982. The summed E-state index contributed by atoms with van der Waals surface area (Å²) >= 11 is 0. The summed E-state index contributed by atoms with van der Waals surface area (Å²) in [4.78, 5) is 14.3. The van der Waals surface area contributed by atoms with Gasteiger partial charge in [0.25, 0.3) is 5.91 Å². The van der Waals surface area contributed by atoms with E-state index in [-0.39, 0.29) is 10.8 Å². The summed E-state index contributed by atoms with van der Waals surface area (Å²) in [6, 6.07) is 5.13. The molecule has 0 bridgehead atoms. The second-order valence-corrected chi connectivity index (χ2v) is 10.2. The Morgan fingerprint density at radius 1 is 1.21 bits per heavy atom. The summed E-state index contributed by atoms with van der Waals surface area (Å²) in [6.07, 6.45) is 7.51. The van der Waals surface area contributed by atoms with Crippen LogP contribution in [0, 0.1) is 5.92 Å². The molecule has 7 nitrogen and oxygen atoms in total. The highest BCUT2D eigenvalue weighted by Crippen LogP contribution is 2.29. The van der Waals surface area contributed by atoms with Gasteiger partial charge in [-0.1, -0.05) is 6.42 Å². The van der Waals surface area contributed by atoms with Crippen LogP contribution in [0.25, 0.3) is 0 Å². The Morgan fingerprint density at radius 3 is 2.64 bits per heavy atom. The number of likely N-dealkylation sites (tertiary alicyclic amines) is 1. The molecule has 1 saturated heterocycles. The normalized spacial score (nSPS) is 25.2. The monoisotopic (exact) mass is 410 g/mol. The third kappa shape index (κ3) is 4.50. The van der Waals surface area contributed by atoms with Crippen molar-refractivity contribution >= 4 is 21.6 Å².